The van der Waals surface area contributed by atoms with Gasteiger partial charge in [0.15, 0.2) is 0 Å². The Morgan fingerprint density at radius 2 is 2.00 bits per heavy atom. The van der Waals surface area contributed by atoms with Crippen LogP contribution in [0.3, 0.4) is 0 Å². The summed E-state index contributed by atoms with van der Waals surface area (Å²) in [5.41, 5.74) is 1.31. The first kappa shape index (κ1) is 14.4. The Hall–Kier alpha value is -2.03. The summed E-state index contributed by atoms with van der Waals surface area (Å²) in [6, 6.07) is 14.1. The van der Waals surface area contributed by atoms with Crippen LogP contribution in [-0.4, -0.2) is 12.5 Å². The van der Waals surface area contributed by atoms with E-state index in [1.807, 2.05) is 30.3 Å². The van der Waals surface area contributed by atoms with Crippen LogP contribution in [-0.2, 0) is 17.6 Å². The number of aryl methyl sites for hydroxylation is 1. The molecule has 0 saturated carbocycles. The molecule has 106 valence electrons. The van der Waals surface area contributed by atoms with Crippen molar-refractivity contribution in [3.8, 4) is 0 Å². The molecule has 0 fully saturated rings. The normalized spacial score (nSPS) is 12.1. The minimum absolute atomic E-state index is 0.0845. The summed E-state index contributed by atoms with van der Waals surface area (Å²) in [4.78, 5) is 11.7. The van der Waals surface area contributed by atoms with Crippen LogP contribution in [0.15, 0.2) is 53.1 Å². The predicted octanol–water partition coefficient (Wildman–Crippen LogP) is 3.21. The van der Waals surface area contributed by atoms with Gasteiger partial charge >= 0.3 is 0 Å². The Labute approximate surface area is 120 Å². The summed E-state index contributed by atoms with van der Waals surface area (Å²) < 4.78 is 5.21. The number of nitrogens with one attached hydrogen (secondary N) is 1. The molecule has 1 aromatic heterocycles. The molecule has 1 unspecified atom stereocenters. The molecule has 1 atom stereocenters. The number of benzene rings is 1. The Balaban J connectivity index is 1.65. The summed E-state index contributed by atoms with van der Waals surface area (Å²) in [6.07, 6.45) is 3.76. The van der Waals surface area contributed by atoms with Crippen molar-refractivity contribution in [1.29, 1.82) is 0 Å². The van der Waals surface area contributed by atoms with Gasteiger partial charge in [-0.2, -0.15) is 0 Å². The molecular formula is C17H21NO2. The smallest absolute Gasteiger partial charge is 0.220 e. The van der Waals surface area contributed by atoms with E-state index in [9.17, 15) is 4.79 Å². The van der Waals surface area contributed by atoms with Crippen LogP contribution >= 0.6 is 0 Å². The van der Waals surface area contributed by atoms with E-state index in [-0.39, 0.29) is 5.91 Å². The molecule has 0 saturated heterocycles. The summed E-state index contributed by atoms with van der Waals surface area (Å²) in [7, 11) is 0. The van der Waals surface area contributed by atoms with Crippen LogP contribution in [0.25, 0.3) is 0 Å². The highest BCUT2D eigenvalue weighted by Gasteiger charge is 2.07. The fourth-order valence-corrected chi connectivity index (χ4v) is 2.16. The van der Waals surface area contributed by atoms with E-state index in [0.717, 1.165) is 12.2 Å². The van der Waals surface area contributed by atoms with Gasteiger partial charge < -0.3 is 9.73 Å². The average Bonchev–Trinajstić information content (AvgIpc) is 2.97. The first-order chi connectivity index (χ1) is 9.74. The number of carbonyl (C=O) groups excluding carboxylic acids is 1. The van der Waals surface area contributed by atoms with Crippen molar-refractivity contribution in [2.24, 2.45) is 5.92 Å². The van der Waals surface area contributed by atoms with Gasteiger partial charge in [0, 0.05) is 19.4 Å². The van der Waals surface area contributed by atoms with Gasteiger partial charge in [-0.05, 0) is 30.0 Å². The Bertz CT molecular complexity index is 505. The number of rotatable bonds is 7. The van der Waals surface area contributed by atoms with Crippen molar-refractivity contribution >= 4 is 5.91 Å². The van der Waals surface area contributed by atoms with Crippen molar-refractivity contribution in [3.63, 3.8) is 0 Å². The minimum Gasteiger partial charge on any atom is -0.469 e. The SMILES string of the molecule is CC(CNC(=O)CCc1ccco1)Cc1ccccc1. The fraction of sp³-hybridized carbons (Fsp3) is 0.353. The maximum absolute atomic E-state index is 11.7. The van der Waals surface area contributed by atoms with Crippen molar-refractivity contribution in [1.82, 2.24) is 5.32 Å². The number of amides is 1. The Morgan fingerprint density at radius 1 is 1.20 bits per heavy atom. The van der Waals surface area contributed by atoms with Crippen LogP contribution in [0, 0.1) is 5.92 Å². The minimum atomic E-state index is 0.0845. The Morgan fingerprint density at radius 3 is 2.70 bits per heavy atom. The average molecular weight is 271 g/mol. The van der Waals surface area contributed by atoms with Crippen LogP contribution < -0.4 is 5.32 Å². The fourth-order valence-electron chi connectivity index (χ4n) is 2.16. The van der Waals surface area contributed by atoms with E-state index >= 15 is 0 Å². The lowest BCUT2D eigenvalue weighted by molar-refractivity contribution is -0.121. The quantitative estimate of drug-likeness (QED) is 0.840. The molecule has 2 aromatic rings. The van der Waals surface area contributed by atoms with Crippen LogP contribution in [0.4, 0.5) is 0 Å². The zero-order chi connectivity index (χ0) is 14.2. The molecule has 0 aliphatic carbocycles. The molecule has 0 spiro atoms. The van der Waals surface area contributed by atoms with E-state index < -0.39 is 0 Å². The lowest BCUT2D eigenvalue weighted by Crippen LogP contribution is -2.29. The monoisotopic (exact) mass is 271 g/mol. The third-order valence-electron chi connectivity index (χ3n) is 3.25. The van der Waals surface area contributed by atoms with Gasteiger partial charge in [0.05, 0.1) is 6.26 Å². The number of hydrogen-bond donors (Lipinski definition) is 1. The largest absolute Gasteiger partial charge is 0.469 e. The van der Waals surface area contributed by atoms with Crippen molar-refractivity contribution in [2.75, 3.05) is 6.54 Å². The highest BCUT2D eigenvalue weighted by molar-refractivity contribution is 5.76. The molecule has 1 heterocycles. The van der Waals surface area contributed by atoms with E-state index in [2.05, 4.69) is 24.4 Å². The second-order valence-corrected chi connectivity index (χ2v) is 5.18. The molecular weight excluding hydrogens is 250 g/mol. The summed E-state index contributed by atoms with van der Waals surface area (Å²) in [6.45, 7) is 2.87. The third-order valence-corrected chi connectivity index (χ3v) is 3.25. The zero-order valence-electron chi connectivity index (χ0n) is 11.8. The van der Waals surface area contributed by atoms with E-state index in [4.69, 9.17) is 4.42 Å². The molecule has 1 N–H and O–H groups in total. The lowest BCUT2D eigenvalue weighted by Gasteiger charge is -2.12. The number of carbonyl (C=O) groups is 1. The molecule has 0 aliphatic rings. The predicted molar refractivity (Wildman–Crippen MR) is 79.3 cm³/mol. The van der Waals surface area contributed by atoms with Gasteiger partial charge in [0.25, 0.3) is 0 Å². The number of furan rings is 1. The van der Waals surface area contributed by atoms with Crippen molar-refractivity contribution in [3.05, 3.63) is 60.1 Å². The topological polar surface area (TPSA) is 42.2 Å². The van der Waals surface area contributed by atoms with Gasteiger partial charge in [0.1, 0.15) is 5.76 Å². The van der Waals surface area contributed by atoms with Gasteiger partial charge in [-0.15, -0.1) is 0 Å². The molecule has 20 heavy (non-hydrogen) atoms. The summed E-state index contributed by atoms with van der Waals surface area (Å²) >= 11 is 0. The Kier molecular flexibility index (Phi) is 5.42. The summed E-state index contributed by atoms with van der Waals surface area (Å²) in [5, 5.41) is 2.98. The van der Waals surface area contributed by atoms with Gasteiger partial charge in [0.2, 0.25) is 5.91 Å². The lowest BCUT2D eigenvalue weighted by atomic mass is 10.0. The van der Waals surface area contributed by atoms with E-state index in [0.29, 0.717) is 25.3 Å². The molecule has 1 aromatic carbocycles. The molecule has 2 rings (SSSR count). The molecule has 3 nitrogen and oxygen atoms in total. The van der Waals surface area contributed by atoms with Gasteiger partial charge in [-0.3, -0.25) is 4.79 Å². The highest BCUT2D eigenvalue weighted by atomic mass is 16.3. The van der Waals surface area contributed by atoms with Gasteiger partial charge in [-0.1, -0.05) is 37.3 Å². The van der Waals surface area contributed by atoms with E-state index in [1.165, 1.54) is 5.56 Å². The third kappa shape index (κ3) is 4.92. The summed E-state index contributed by atoms with van der Waals surface area (Å²) in [5.74, 6) is 1.38. The first-order valence-corrected chi connectivity index (χ1v) is 7.07. The molecule has 0 aliphatic heterocycles. The van der Waals surface area contributed by atoms with Crippen LogP contribution in [0.1, 0.15) is 24.7 Å². The maximum atomic E-state index is 11.7. The van der Waals surface area contributed by atoms with Crippen molar-refractivity contribution in [2.45, 2.75) is 26.2 Å². The molecule has 0 radical (unpaired) electrons. The standard InChI is InChI=1S/C17H21NO2/c1-14(12-15-6-3-2-4-7-15)13-18-17(19)10-9-16-8-5-11-20-16/h2-8,11,14H,9-10,12-13H2,1H3,(H,18,19). The molecule has 0 bridgehead atoms. The van der Waals surface area contributed by atoms with E-state index in [1.54, 1.807) is 6.26 Å². The van der Waals surface area contributed by atoms with Gasteiger partial charge in [-0.25, -0.2) is 0 Å². The molecule has 1 amide bonds. The second-order valence-electron chi connectivity index (χ2n) is 5.18. The highest BCUT2D eigenvalue weighted by Crippen LogP contribution is 2.07. The molecule has 3 heteroatoms. The zero-order valence-corrected chi connectivity index (χ0v) is 11.8. The van der Waals surface area contributed by atoms with Crippen LogP contribution in [0.5, 0.6) is 0 Å². The number of hydrogen-bond acceptors (Lipinski definition) is 2. The van der Waals surface area contributed by atoms with Crippen LogP contribution in [0.2, 0.25) is 0 Å². The maximum Gasteiger partial charge on any atom is 0.220 e. The van der Waals surface area contributed by atoms with Crippen molar-refractivity contribution < 1.29 is 9.21 Å². The first-order valence-electron chi connectivity index (χ1n) is 7.07. The second kappa shape index (κ2) is 7.53.